The molecule has 0 bridgehead atoms. The van der Waals surface area contributed by atoms with Crippen molar-refractivity contribution in [3.8, 4) is 0 Å². The van der Waals surface area contributed by atoms with Crippen molar-refractivity contribution in [2.75, 3.05) is 57.7 Å². The number of allylic oxidation sites excluding steroid dienone is 4. The standard InChI is InChI=1S/C40H54N4O14S3/c1-39(19-9-13-37(45)41-21-24-57-3)32-28-30(61(54,55)56)16-18-33(32)43(22-7-5-6-14-38(46)47)35(39)11-8-12-36-40(2,20-10-26-59(49,50)51)31-27-29(60(52,53)42-48)15-17-34(31)44(36)23-25-58-4/h8,11-12,15-18,27-28H,5-7,9-10,13-14,19-26H2,1-4H3,(H3-,41,45,46,47,49,50,51,54,55,56)/p+1. The number of anilines is 1. The molecule has 0 spiro atoms. The second-order valence-electron chi connectivity index (χ2n) is 15.4. The first-order valence-electron chi connectivity index (χ1n) is 19.7. The molecule has 61 heavy (non-hydrogen) atoms. The number of methoxy groups -OCH3 is 2. The average Bonchev–Trinajstić information content (AvgIpc) is 3.55. The number of nitroso groups, excluding NO2 is 1. The van der Waals surface area contributed by atoms with Gasteiger partial charge in [0.2, 0.25) is 11.6 Å². The molecular weight excluding hydrogens is 857 g/mol. The number of carbonyl (C=O) groups excluding carboxylic acids is 1. The van der Waals surface area contributed by atoms with Gasteiger partial charge in [-0.1, -0.05) is 6.08 Å². The van der Waals surface area contributed by atoms with Gasteiger partial charge in [-0.05, 0) is 94.3 Å². The van der Waals surface area contributed by atoms with E-state index in [4.69, 9.17) is 9.47 Å². The normalized spacial score (nSPS) is 19.8. The van der Waals surface area contributed by atoms with Crippen molar-refractivity contribution >= 4 is 59.2 Å². The smallest absolute Gasteiger partial charge is 0.316 e. The molecule has 2 aromatic rings. The molecule has 2 heterocycles. The van der Waals surface area contributed by atoms with Gasteiger partial charge >= 0.3 is 16.0 Å². The van der Waals surface area contributed by atoms with Crippen LogP contribution < -0.4 is 10.2 Å². The second kappa shape index (κ2) is 20.7. The van der Waals surface area contributed by atoms with Gasteiger partial charge < -0.3 is 24.8 Å². The highest BCUT2D eigenvalue weighted by Gasteiger charge is 2.48. The minimum absolute atomic E-state index is 0.00739. The second-order valence-corrected chi connectivity index (χ2v) is 20.0. The predicted octanol–water partition coefficient (Wildman–Crippen LogP) is 4.86. The van der Waals surface area contributed by atoms with E-state index >= 15 is 0 Å². The van der Waals surface area contributed by atoms with Crippen LogP contribution in [0.5, 0.6) is 0 Å². The van der Waals surface area contributed by atoms with Crippen LogP contribution in [0.25, 0.3) is 0 Å². The maximum absolute atomic E-state index is 12.8. The van der Waals surface area contributed by atoms with Crippen LogP contribution in [0.3, 0.4) is 0 Å². The van der Waals surface area contributed by atoms with Crippen LogP contribution in [0.1, 0.15) is 82.8 Å². The van der Waals surface area contributed by atoms with Gasteiger partial charge in [0, 0.05) is 81.1 Å². The molecule has 336 valence electrons. The third-order valence-corrected chi connectivity index (χ3v) is 13.9. The Labute approximate surface area is 357 Å². The first kappa shape index (κ1) is 49.3. The molecule has 2 unspecified atom stereocenters. The number of unbranched alkanes of at least 4 members (excludes halogenated alkanes) is 2. The number of carboxylic acid groups (broad SMARTS) is 1. The van der Waals surface area contributed by atoms with Gasteiger partial charge in [-0.15, -0.1) is 4.91 Å². The lowest BCUT2D eigenvalue weighted by atomic mass is 9.75. The van der Waals surface area contributed by atoms with Crippen LogP contribution in [0.4, 0.5) is 11.4 Å². The highest BCUT2D eigenvalue weighted by molar-refractivity contribution is 7.90. The zero-order valence-corrected chi connectivity index (χ0v) is 37.2. The maximum Gasteiger partial charge on any atom is 0.316 e. The topological polar surface area (TPSA) is 263 Å². The Morgan fingerprint density at radius 2 is 1.52 bits per heavy atom. The summed E-state index contributed by atoms with van der Waals surface area (Å²) in [6, 6.07) is 8.48. The van der Waals surface area contributed by atoms with Gasteiger partial charge in [-0.25, -0.2) is 0 Å². The molecule has 2 aliphatic heterocycles. The van der Waals surface area contributed by atoms with Gasteiger partial charge in [0.05, 0.1) is 38.8 Å². The summed E-state index contributed by atoms with van der Waals surface area (Å²) in [5, 5.41) is 12.0. The number of rotatable bonds is 25. The SMILES string of the molecule is COCCNC(=O)CCCC1(C)C(/C=C/C=C2/N(CCOC)c3ccc(S(=O)(=O)N=O)cc3C2(C)CCCS(=O)(=O)O)=[N+](CCCCCC(=O)O)c2ccc(S(=O)(=O)O)cc21. The number of sulfonamides is 1. The Kier molecular flexibility index (Phi) is 16.7. The number of carbonyl (C=O) groups is 2. The van der Waals surface area contributed by atoms with Crippen molar-refractivity contribution < 1.29 is 63.1 Å². The summed E-state index contributed by atoms with van der Waals surface area (Å²) >= 11 is 0. The molecular formula is C40H55N4O14S3+. The minimum atomic E-state index is -4.62. The number of aliphatic carboxylic acids is 1. The van der Waals surface area contributed by atoms with Gasteiger partial charge in [-0.2, -0.15) is 29.8 Å². The van der Waals surface area contributed by atoms with Gasteiger partial charge in [0.1, 0.15) is 6.54 Å². The number of ether oxygens (including phenoxy) is 2. The zero-order chi connectivity index (χ0) is 45.2. The molecule has 4 rings (SSSR count). The highest BCUT2D eigenvalue weighted by Crippen LogP contribution is 2.51. The number of nitrogens with one attached hydrogen (secondary N) is 1. The molecule has 0 radical (unpaired) electrons. The number of benzene rings is 2. The van der Waals surface area contributed by atoms with Crippen LogP contribution in [0, 0.1) is 4.91 Å². The fourth-order valence-electron chi connectivity index (χ4n) is 8.16. The number of amides is 1. The predicted molar refractivity (Wildman–Crippen MR) is 227 cm³/mol. The van der Waals surface area contributed by atoms with Crippen molar-refractivity contribution in [3.05, 3.63) is 76.4 Å². The third kappa shape index (κ3) is 12.2. The van der Waals surface area contributed by atoms with Crippen molar-refractivity contribution in [1.29, 1.82) is 0 Å². The number of carboxylic acids is 1. The van der Waals surface area contributed by atoms with Crippen LogP contribution in [-0.4, -0.2) is 114 Å². The number of hydrogen-bond donors (Lipinski definition) is 4. The third-order valence-electron chi connectivity index (χ3n) is 11.2. The maximum atomic E-state index is 12.8. The van der Waals surface area contributed by atoms with Crippen molar-refractivity contribution in [3.63, 3.8) is 0 Å². The van der Waals surface area contributed by atoms with Gasteiger partial charge in [0.15, 0.2) is 5.71 Å². The van der Waals surface area contributed by atoms with Crippen molar-refractivity contribution in [1.82, 2.24) is 5.32 Å². The molecule has 21 heteroatoms. The van der Waals surface area contributed by atoms with E-state index in [9.17, 15) is 54.0 Å². The number of nitrogens with zero attached hydrogens (tertiary/aromatic N) is 3. The van der Waals surface area contributed by atoms with E-state index < -0.39 is 52.8 Å². The van der Waals surface area contributed by atoms with Gasteiger partial charge in [-0.3, -0.25) is 18.7 Å². The summed E-state index contributed by atoms with van der Waals surface area (Å²) in [5.74, 6) is -1.69. The molecule has 0 fully saturated rings. The fourth-order valence-corrected chi connectivity index (χ4v) is 9.77. The minimum Gasteiger partial charge on any atom is -0.481 e. The van der Waals surface area contributed by atoms with Gasteiger partial charge in [0.25, 0.3) is 20.2 Å². The Hall–Kier alpha value is -4.38. The molecule has 1 amide bonds. The number of fused-ring (bicyclic) bond motifs is 2. The fraction of sp³-hybridized carbons (Fsp3) is 0.525. The van der Waals surface area contributed by atoms with E-state index in [2.05, 4.69) is 9.90 Å². The Bertz CT molecular complexity index is 2400. The first-order chi connectivity index (χ1) is 28.6. The Morgan fingerprint density at radius 1 is 0.852 bits per heavy atom. The van der Waals surface area contributed by atoms with E-state index in [1.807, 2.05) is 22.5 Å². The number of hydrogen-bond acceptors (Lipinski definition) is 12. The molecule has 18 nitrogen and oxygen atoms in total. The van der Waals surface area contributed by atoms with Crippen LogP contribution >= 0.6 is 0 Å². The van der Waals surface area contributed by atoms with Crippen molar-refractivity contribution in [2.24, 2.45) is 4.58 Å². The molecule has 0 saturated carbocycles. The average molecular weight is 912 g/mol. The molecule has 0 saturated heterocycles. The summed E-state index contributed by atoms with van der Waals surface area (Å²) in [7, 11) is -10.5. The van der Waals surface area contributed by atoms with E-state index in [0.29, 0.717) is 85.7 Å². The van der Waals surface area contributed by atoms with E-state index in [1.54, 1.807) is 31.2 Å². The Balaban J connectivity index is 1.91. The summed E-state index contributed by atoms with van der Waals surface area (Å²) in [4.78, 5) is 36.6. The Morgan fingerprint density at radius 3 is 2.16 bits per heavy atom. The molecule has 2 aliphatic rings. The summed E-state index contributed by atoms with van der Waals surface area (Å²) in [6.45, 7) is 5.28. The lowest BCUT2D eigenvalue weighted by Crippen LogP contribution is -2.33. The van der Waals surface area contributed by atoms with Crippen molar-refractivity contribution in [2.45, 2.75) is 92.3 Å². The van der Waals surface area contributed by atoms with E-state index in [-0.39, 0.29) is 54.5 Å². The quantitative estimate of drug-likeness (QED) is 0.0449. The summed E-state index contributed by atoms with van der Waals surface area (Å²) in [5.41, 5.74) is 1.60. The van der Waals surface area contributed by atoms with E-state index in [0.717, 1.165) is 0 Å². The first-order valence-corrected chi connectivity index (χ1v) is 24.2. The van der Waals surface area contributed by atoms with E-state index in [1.165, 1.54) is 38.5 Å². The zero-order valence-electron chi connectivity index (χ0n) is 34.7. The molecule has 4 N–H and O–H groups in total. The van der Waals surface area contributed by atoms with Crippen LogP contribution in [-0.2, 0) is 60.2 Å². The molecule has 2 atom stereocenters. The summed E-state index contributed by atoms with van der Waals surface area (Å²) in [6.07, 6.45) is 7.96. The summed E-state index contributed by atoms with van der Waals surface area (Å²) < 4.78 is 108. The van der Waals surface area contributed by atoms with Crippen LogP contribution in [0.15, 0.2) is 74.7 Å². The lowest BCUT2D eigenvalue weighted by Gasteiger charge is -2.30. The highest BCUT2D eigenvalue weighted by atomic mass is 32.2. The molecule has 0 aliphatic carbocycles. The largest absolute Gasteiger partial charge is 0.481 e. The monoisotopic (exact) mass is 911 g/mol. The molecule has 0 aromatic heterocycles. The van der Waals surface area contributed by atoms with Crippen LogP contribution in [0.2, 0.25) is 0 Å². The molecule has 2 aromatic carbocycles. The lowest BCUT2D eigenvalue weighted by molar-refractivity contribution is -0.438.